The fraction of sp³-hybridized carbons (Fsp3) is 0.500. The highest BCUT2D eigenvalue weighted by Crippen LogP contribution is 2.34. The summed E-state index contributed by atoms with van der Waals surface area (Å²) in [6, 6.07) is 8.40. The van der Waals surface area contributed by atoms with E-state index in [2.05, 4.69) is 11.0 Å². The number of nitrogens with one attached hydrogen (secondary N) is 1. The summed E-state index contributed by atoms with van der Waals surface area (Å²) in [5.41, 5.74) is 7.61. The largest absolute Gasteiger partial charge is 0.384 e. The molecule has 0 aromatic heterocycles. The van der Waals surface area contributed by atoms with Gasteiger partial charge in [-0.05, 0) is 31.4 Å². The van der Waals surface area contributed by atoms with Gasteiger partial charge in [-0.3, -0.25) is 5.41 Å². The van der Waals surface area contributed by atoms with Crippen molar-refractivity contribution in [2.75, 3.05) is 18.1 Å². The lowest BCUT2D eigenvalue weighted by molar-refractivity contribution is 0.0256. The lowest BCUT2D eigenvalue weighted by Crippen LogP contribution is -2.49. The smallest absolute Gasteiger partial charge is 0.124 e. The molecule has 2 unspecified atom stereocenters. The second kappa shape index (κ2) is 4.61. The lowest BCUT2D eigenvalue weighted by atomic mass is 10.1. The van der Waals surface area contributed by atoms with E-state index in [9.17, 15) is 0 Å². The number of rotatable bonds is 2. The summed E-state index contributed by atoms with van der Waals surface area (Å²) in [4.78, 5) is 2.39. The number of benzene rings is 1. The molecule has 1 saturated heterocycles. The highest BCUT2D eigenvalue weighted by Gasteiger charge is 2.36. The first kappa shape index (κ1) is 11.5. The number of nitrogens with zero attached hydrogens (tertiary/aromatic N) is 1. The van der Waals surface area contributed by atoms with Gasteiger partial charge in [-0.25, -0.2) is 0 Å². The molecule has 1 saturated carbocycles. The van der Waals surface area contributed by atoms with Gasteiger partial charge in [-0.15, -0.1) is 0 Å². The minimum Gasteiger partial charge on any atom is -0.384 e. The van der Waals surface area contributed by atoms with Crippen molar-refractivity contribution in [1.29, 1.82) is 5.41 Å². The van der Waals surface area contributed by atoms with Gasteiger partial charge >= 0.3 is 0 Å². The molecule has 3 rings (SSSR count). The monoisotopic (exact) mass is 245 g/mol. The maximum Gasteiger partial charge on any atom is 0.124 e. The Kier molecular flexibility index (Phi) is 2.96. The normalized spacial score (nSPS) is 27.0. The molecular formula is C14H19N3O. The number of hydrogen-bond donors (Lipinski definition) is 2. The molecule has 1 aliphatic carbocycles. The topological polar surface area (TPSA) is 62.3 Å². The number of morpholine rings is 1. The first-order chi connectivity index (χ1) is 8.77. The standard InChI is InChI=1S/C14H19N3O/c15-14(16)10-4-1-2-5-11(10)17-8-9-18-13-7-3-6-12(13)17/h1-2,4-5,12-13H,3,6-9H2,(H3,15,16). The van der Waals surface area contributed by atoms with Crippen molar-refractivity contribution >= 4 is 11.5 Å². The minimum absolute atomic E-state index is 0.145. The number of para-hydroxylation sites is 1. The van der Waals surface area contributed by atoms with Crippen LogP contribution in [0.5, 0.6) is 0 Å². The number of fused-ring (bicyclic) bond motifs is 1. The highest BCUT2D eigenvalue weighted by atomic mass is 16.5. The summed E-state index contributed by atoms with van der Waals surface area (Å²) in [6.45, 7) is 1.67. The quantitative estimate of drug-likeness (QED) is 0.616. The van der Waals surface area contributed by atoms with Crippen molar-refractivity contribution in [3.8, 4) is 0 Å². The van der Waals surface area contributed by atoms with Crippen LogP contribution < -0.4 is 10.6 Å². The highest BCUT2D eigenvalue weighted by molar-refractivity contribution is 6.00. The molecule has 0 amide bonds. The zero-order chi connectivity index (χ0) is 12.5. The molecule has 1 aliphatic heterocycles. The molecule has 1 aromatic carbocycles. The van der Waals surface area contributed by atoms with E-state index < -0.39 is 0 Å². The van der Waals surface area contributed by atoms with Crippen molar-refractivity contribution in [3.63, 3.8) is 0 Å². The van der Waals surface area contributed by atoms with E-state index in [1.807, 2.05) is 18.2 Å². The van der Waals surface area contributed by atoms with Crippen molar-refractivity contribution < 1.29 is 4.74 Å². The minimum atomic E-state index is 0.145. The molecule has 0 spiro atoms. The van der Waals surface area contributed by atoms with Gasteiger partial charge < -0.3 is 15.4 Å². The van der Waals surface area contributed by atoms with Crippen molar-refractivity contribution in [2.24, 2.45) is 5.73 Å². The fourth-order valence-electron chi connectivity index (χ4n) is 3.18. The Labute approximate surface area is 107 Å². The third-order valence-electron chi connectivity index (χ3n) is 3.99. The van der Waals surface area contributed by atoms with E-state index >= 15 is 0 Å². The SMILES string of the molecule is N=C(N)c1ccccc1N1CCOC2CCCC21. The predicted molar refractivity (Wildman–Crippen MR) is 72.2 cm³/mol. The summed E-state index contributed by atoms with van der Waals surface area (Å²) in [5, 5.41) is 7.70. The van der Waals surface area contributed by atoms with Crippen LogP contribution >= 0.6 is 0 Å². The summed E-state index contributed by atoms with van der Waals surface area (Å²) in [7, 11) is 0. The summed E-state index contributed by atoms with van der Waals surface area (Å²) in [5.74, 6) is 0.145. The van der Waals surface area contributed by atoms with Gasteiger partial charge in [0.1, 0.15) is 5.84 Å². The van der Waals surface area contributed by atoms with Gasteiger partial charge in [-0.1, -0.05) is 12.1 Å². The fourth-order valence-corrected chi connectivity index (χ4v) is 3.18. The molecule has 1 heterocycles. The summed E-state index contributed by atoms with van der Waals surface area (Å²) >= 11 is 0. The third kappa shape index (κ3) is 1.86. The Morgan fingerprint density at radius 2 is 2.17 bits per heavy atom. The number of nitrogen functional groups attached to an aromatic ring is 1. The number of nitrogens with two attached hydrogens (primary N) is 1. The van der Waals surface area contributed by atoms with Crippen LogP contribution in [0.2, 0.25) is 0 Å². The predicted octanol–water partition coefficient (Wildman–Crippen LogP) is 1.73. The molecule has 0 radical (unpaired) electrons. The van der Waals surface area contributed by atoms with Gasteiger partial charge in [0.05, 0.1) is 18.8 Å². The summed E-state index contributed by atoms with van der Waals surface area (Å²) in [6.07, 6.45) is 3.92. The zero-order valence-corrected chi connectivity index (χ0v) is 10.4. The first-order valence-corrected chi connectivity index (χ1v) is 6.59. The van der Waals surface area contributed by atoms with Crippen molar-refractivity contribution in [2.45, 2.75) is 31.4 Å². The molecule has 0 bridgehead atoms. The molecule has 2 aliphatic rings. The maximum atomic E-state index is 7.70. The molecule has 2 atom stereocenters. The number of ether oxygens (including phenoxy) is 1. The Morgan fingerprint density at radius 3 is 3.00 bits per heavy atom. The van der Waals surface area contributed by atoms with Crippen LogP contribution in [0.4, 0.5) is 5.69 Å². The molecule has 18 heavy (non-hydrogen) atoms. The van der Waals surface area contributed by atoms with E-state index in [-0.39, 0.29) is 5.84 Å². The van der Waals surface area contributed by atoms with Crippen LogP contribution in [0.15, 0.2) is 24.3 Å². The van der Waals surface area contributed by atoms with Gasteiger partial charge in [0.25, 0.3) is 0 Å². The van der Waals surface area contributed by atoms with Crippen LogP contribution in [0.3, 0.4) is 0 Å². The zero-order valence-electron chi connectivity index (χ0n) is 10.4. The molecule has 96 valence electrons. The average Bonchev–Trinajstić information content (AvgIpc) is 2.86. The van der Waals surface area contributed by atoms with Crippen LogP contribution in [-0.4, -0.2) is 31.1 Å². The van der Waals surface area contributed by atoms with E-state index in [1.165, 1.54) is 12.8 Å². The van der Waals surface area contributed by atoms with Crippen molar-refractivity contribution in [1.82, 2.24) is 0 Å². The van der Waals surface area contributed by atoms with Gasteiger partial charge in [0.15, 0.2) is 0 Å². The molecule has 4 nitrogen and oxygen atoms in total. The van der Waals surface area contributed by atoms with E-state index in [0.29, 0.717) is 12.1 Å². The van der Waals surface area contributed by atoms with Gasteiger partial charge in [0, 0.05) is 17.8 Å². The van der Waals surface area contributed by atoms with Crippen LogP contribution in [0.1, 0.15) is 24.8 Å². The molecule has 4 heteroatoms. The lowest BCUT2D eigenvalue weighted by Gasteiger charge is -2.40. The van der Waals surface area contributed by atoms with E-state index in [4.69, 9.17) is 15.9 Å². The first-order valence-electron chi connectivity index (χ1n) is 6.59. The number of amidine groups is 1. The van der Waals surface area contributed by atoms with Crippen LogP contribution in [0.25, 0.3) is 0 Å². The molecule has 1 aromatic rings. The van der Waals surface area contributed by atoms with E-state index in [0.717, 1.165) is 30.8 Å². The number of anilines is 1. The van der Waals surface area contributed by atoms with Gasteiger partial charge in [-0.2, -0.15) is 0 Å². The third-order valence-corrected chi connectivity index (χ3v) is 3.99. The van der Waals surface area contributed by atoms with Crippen LogP contribution in [0, 0.1) is 5.41 Å². The second-order valence-corrected chi connectivity index (χ2v) is 5.03. The molecular weight excluding hydrogens is 226 g/mol. The Balaban J connectivity index is 1.96. The molecule has 2 fully saturated rings. The van der Waals surface area contributed by atoms with Gasteiger partial charge in [0.2, 0.25) is 0 Å². The average molecular weight is 245 g/mol. The van der Waals surface area contributed by atoms with Crippen molar-refractivity contribution in [3.05, 3.63) is 29.8 Å². The summed E-state index contributed by atoms with van der Waals surface area (Å²) < 4.78 is 5.83. The molecule has 3 N–H and O–H groups in total. The Bertz CT molecular complexity index is 460. The Morgan fingerprint density at radius 1 is 1.33 bits per heavy atom. The van der Waals surface area contributed by atoms with Crippen LogP contribution in [-0.2, 0) is 4.74 Å². The maximum absolute atomic E-state index is 7.70. The Hall–Kier alpha value is -1.55. The second-order valence-electron chi connectivity index (χ2n) is 5.03. The van der Waals surface area contributed by atoms with E-state index in [1.54, 1.807) is 0 Å². The number of hydrogen-bond acceptors (Lipinski definition) is 3.